The summed E-state index contributed by atoms with van der Waals surface area (Å²) < 4.78 is 8.01. The number of carbonyl (C=O) groups is 2. The van der Waals surface area contributed by atoms with Gasteiger partial charge in [-0.25, -0.2) is 0 Å². The molecule has 2 heterocycles. The van der Waals surface area contributed by atoms with Crippen molar-refractivity contribution in [2.24, 2.45) is 0 Å². The summed E-state index contributed by atoms with van der Waals surface area (Å²) in [5.41, 5.74) is 3.27. The summed E-state index contributed by atoms with van der Waals surface area (Å²) in [4.78, 5) is 25.9. The minimum absolute atomic E-state index is 0.328. The van der Waals surface area contributed by atoms with E-state index in [2.05, 4.69) is 27.9 Å². The summed E-state index contributed by atoms with van der Waals surface area (Å²) in [5, 5.41) is 2.69. The second kappa shape index (κ2) is 8.08. The molecule has 0 radical (unpaired) electrons. The Hall–Kier alpha value is -3.13. The monoisotopic (exact) mass is 496 g/mol. The highest BCUT2D eigenvalue weighted by molar-refractivity contribution is 14.1. The topological polar surface area (TPSA) is 59.8 Å². The molecule has 0 aliphatic rings. The largest absolute Gasteiger partial charge is 0.497 e. The van der Waals surface area contributed by atoms with Gasteiger partial charge in [0.1, 0.15) is 11.4 Å². The Kier molecular flexibility index (Phi) is 5.35. The number of fused-ring (bicyclic) bond motifs is 1. The van der Waals surface area contributed by atoms with Crippen molar-refractivity contribution in [3.8, 4) is 16.9 Å². The Bertz CT molecular complexity index is 1200. The molecule has 0 spiro atoms. The predicted octanol–water partition coefficient (Wildman–Crippen LogP) is 5.04. The maximum Gasteiger partial charge on any atom is 0.298 e. The highest BCUT2D eigenvalue weighted by atomic mass is 127. The lowest BCUT2D eigenvalue weighted by atomic mass is 10.0. The number of nitrogens with one attached hydrogen (secondary N) is 1. The van der Waals surface area contributed by atoms with Crippen molar-refractivity contribution in [3.05, 3.63) is 88.3 Å². The zero-order chi connectivity index (χ0) is 20.4. The molecule has 0 unspecified atom stereocenters. The molecule has 0 aliphatic heterocycles. The molecular weight excluding hydrogens is 479 g/mol. The van der Waals surface area contributed by atoms with E-state index in [1.54, 1.807) is 29.8 Å². The number of methoxy groups -OCH3 is 1. The smallest absolute Gasteiger partial charge is 0.298 e. The van der Waals surface area contributed by atoms with Crippen molar-refractivity contribution in [3.63, 3.8) is 0 Å². The van der Waals surface area contributed by atoms with Crippen LogP contribution in [0.2, 0.25) is 0 Å². The maximum absolute atomic E-state index is 13.1. The van der Waals surface area contributed by atoms with E-state index in [9.17, 15) is 9.59 Å². The van der Waals surface area contributed by atoms with Gasteiger partial charge in [-0.3, -0.25) is 9.59 Å². The van der Waals surface area contributed by atoms with Crippen molar-refractivity contribution >= 4 is 45.5 Å². The van der Waals surface area contributed by atoms with E-state index in [4.69, 9.17) is 4.74 Å². The van der Waals surface area contributed by atoms with Gasteiger partial charge in [0.15, 0.2) is 0 Å². The molecule has 0 atom stereocenters. The number of anilines is 1. The number of aromatic nitrogens is 1. The number of nitrogens with zero attached hydrogens (tertiary/aromatic N) is 1. The first kappa shape index (κ1) is 19.2. The van der Waals surface area contributed by atoms with Crippen LogP contribution < -0.4 is 10.1 Å². The van der Waals surface area contributed by atoms with Crippen molar-refractivity contribution in [1.82, 2.24) is 4.40 Å². The Morgan fingerprint density at radius 1 is 0.966 bits per heavy atom. The van der Waals surface area contributed by atoms with E-state index in [1.807, 2.05) is 60.7 Å². The quantitative estimate of drug-likeness (QED) is 0.239. The van der Waals surface area contributed by atoms with Gasteiger partial charge in [0.2, 0.25) is 0 Å². The number of halogens is 1. The second-order valence-electron chi connectivity index (χ2n) is 6.42. The van der Waals surface area contributed by atoms with E-state index >= 15 is 0 Å². The van der Waals surface area contributed by atoms with Gasteiger partial charge in [-0.15, -0.1) is 0 Å². The van der Waals surface area contributed by atoms with Gasteiger partial charge in [-0.05, 0) is 82.8 Å². The number of benzene rings is 2. The molecule has 0 aliphatic carbocycles. The van der Waals surface area contributed by atoms with Gasteiger partial charge in [0.05, 0.1) is 7.11 Å². The van der Waals surface area contributed by atoms with Crippen LogP contribution in [0, 0.1) is 3.57 Å². The van der Waals surface area contributed by atoms with Gasteiger partial charge >= 0.3 is 0 Å². The number of hydrogen-bond donors (Lipinski definition) is 1. The highest BCUT2D eigenvalue weighted by Crippen LogP contribution is 2.30. The Morgan fingerprint density at radius 3 is 2.38 bits per heavy atom. The maximum atomic E-state index is 13.1. The highest BCUT2D eigenvalue weighted by Gasteiger charge is 2.24. The van der Waals surface area contributed by atoms with Crippen molar-refractivity contribution in [1.29, 1.82) is 0 Å². The molecule has 0 saturated heterocycles. The molecule has 0 saturated carbocycles. The average molecular weight is 496 g/mol. The fourth-order valence-electron chi connectivity index (χ4n) is 3.17. The molecular formula is C23H17IN2O3. The number of carbonyl (C=O) groups excluding carboxylic acids is 2. The normalized spacial score (nSPS) is 10.7. The Morgan fingerprint density at radius 2 is 1.69 bits per heavy atom. The molecule has 4 aromatic rings. The van der Waals surface area contributed by atoms with Gasteiger partial charge in [0, 0.05) is 26.5 Å². The van der Waals surface area contributed by atoms with Crippen LogP contribution in [0.5, 0.6) is 5.75 Å². The van der Waals surface area contributed by atoms with E-state index in [1.165, 1.54) is 0 Å². The number of Topliss-reactive ketones (excluding diaryl/α,β-unsaturated/α-hetero) is 1. The zero-order valence-corrected chi connectivity index (χ0v) is 17.7. The molecule has 29 heavy (non-hydrogen) atoms. The number of hydrogen-bond acceptors (Lipinski definition) is 3. The van der Waals surface area contributed by atoms with E-state index in [-0.39, 0.29) is 0 Å². The number of ether oxygens (including phenoxy) is 1. The molecule has 5 nitrogen and oxygen atoms in total. The summed E-state index contributed by atoms with van der Waals surface area (Å²) in [6.45, 7) is 0. The van der Waals surface area contributed by atoms with Crippen molar-refractivity contribution < 1.29 is 14.3 Å². The van der Waals surface area contributed by atoms with Gasteiger partial charge in [0.25, 0.3) is 11.7 Å². The first-order valence-corrected chi connectivity index (χ1v) is 10.0. The molecule has 0 fully saturated rings. The molecule has 0 bridgehead atoms. The van der Waals surface area contributed by atoms with Crippen LogP contribution in [0.4, 0.5) is 5.69 Å². The van der Waals surface area contributed by atoms with Crippen molar-refractivity contribution in [2.75, 3.05) is 12.4 Å². The van der Waals surface area contributed by atoms with E-state index in [0.29, 0.717) is 16.9 Å². The molecule has 2 aromatic heterocycles. The van der Waals surface area contributed by atoms with Gasteiger partial charge < -0.3 is 14.5 Å². The Balaban J connectivity index is 1.75. The summed E-state index contributed by atoms with van der Waals surface area (Å²) in [5.74, 6) is -0.549. The minimum atomic E-state index is -0.676. The summed E-state index contributed by atoms with van der Waals surface area (Å²) in [6, 6.07) is 22.2. The lowest BCUT2D eigenvalue weighted by molar-refractivity contribution is -0.112. The molecule has 144 valence electrons. The summed E-state index contributed by atoms with van der Waals surface area (Å²) in [6.07, 6.45) is 1.79. The number of ketones is 1. The fraction of sp³-hybridized carbons (Fsp3) is 0.0435. The second-order valence-corrected chi connectivity index (χ2v) is 7.67. The van der Waals surface area contributed by atoms with Gasteiger partial charge in [-0.1, -0.05) is 18.2 Å². The lowest BCUT2D eigenvalue weighted by Gasteiger charge is -2.08. The van der Waals surface area contributed by atoms with E-state index < -0.39 is 11.7 Å². The predicted molar refractivity (Wildman–Crippen MR) is 122 cm³/mol. The third-order valence-corrected chi connectivity index (χ3v) is 5.32. The Labute approximate surface area is 181 Å². The average Bonchev–Trinajstić information content (AvgIpc) is 3.14. The standard InChI is InChI=1S/C23H17IN2O3/c1-29-19-11-5-15(6-12-19)20-14-18-4-2-3-13-26(18)21(20)22(27)23(28)25-17-9-7-16(24)8-10-17/h2-14H,1H3,(H,25,28). The molecule has 4 rings (SSSR count). The number of rotatable bonds is 5. The molecule has 2 aromatic carbocycles. The molecule has 1 amide bonds. The first-order chi connectivity index (χ1) is 14.1. The van der Waals surface area contributed by atoms with Crippen LogP contribution >= 0.6 is 22.6 Å². The molecule has 1 N–H and O–H groups in total. The molecule has 6 heteroatoms. The minimum Gasteiger partial charge on any atom is -0.497 e. The summed E-state index contributed by atoms with van der Waals surface area (Å²) >= 11 is 2.19. The number of amides is 1. The summed E-state index contributed by atoms with van der Waals surface area (Å²) in [7, 11) is 1.60. The van der Waals surface area contributed by atoms with Crippen LogP contribution in [0.25, 0.3) is 16.6 Å². The van der Waals surface area contributed by atoms with Crippen LogP contribution in [-0.4, -0.2) is 23.2 Å². The van der Waals surface area contributed by atoms with Crippen LogP contribution in [0.3, 0.4) is 0 Å². The zero-order valence-electron chi connectivity index (χ0n) is 15.6. The van der Waals surface area contributed by atoms with Crippen LogP contribution in [0.15, 0.2) is 79.0 Å². The number of pyridine rings is 1. The SMILES string of the molecule is COc1ccc(-c2cc3ccccn3c2C(=O)C(=O)Nc2ccc(I)cc2)cc1. The first-order valence-electron chi connectivity index (χ1n) is 8.92. The van der Waals surface area contributed by atoms with E-state index in [0.717, 1.165) is 20.4 Å². The lowest BCUT2D eigenvalue weighted by Crippen LogP contribution is -2.24. The van der Waals surface area contributed by atoms with Crippen LogP contribution in [0.1, 0.15) is 10.5 Å². The van der Waals surface area contributed by atoms with Gasteiger partial charge in [-0.2, -0.15) is 0 Å². The third kappa shape index (κ3) is 3.88. The fourth-order valence-corrected chi connectivity index (χ4v) is 3.53. The van der Waals surface area contributed by atoms with Crippen molar-refractivity contribution in [2.45, 2.75) is 0 Å². The van der Waals surface area contributed by atoms with Crippen LogP contribution in [-0.2, 0) is 4.79 Å². The third-order valence-electron chi connectivity index (χ3n) is 4.60.